The Hall–Kier alpha value is -3.05. The maximum Gasteiger partial charge on any atom is 0.228 e. The van der Waals surface area contributed by atoms with Crippen molar-refractivity contribution in [1.29, 1.82) is 0 Å². The fraction of sp³-hybridized carbons (Fsp3) is 0.591. The van der Waals surface area contributed by atoms with Gasteiger partial charge in [-0.15, -0.1) is 0 Å². The number of rotatable bonds is 4. The molecule has 2 saturated heterocycles. The van der Waals surface area contributed by atoms with Crippen molar-refractivity contribution in [2.75, 3.05) is 62.0 Å². The lowest BCUT2D eigenvalue weighted by molar-refractivity contribution is -0.128. The SMILES string of the molecule is CO[C@@H]1CN(C(C)=O)C[C@H]1N1CCc2c(-c3cnc(N)nc3)nc(N3CCOC[C@@H]3C)nc21. The monoisotopic (exact) mass is 454 g/mol. The number of carbonyl (C=O) groups excluding carboxylic acids is 1. The van der Waals surface area contributed by atoms with Gasteiger partial charge < -0.3 is 29.9 Å². The van der Waals surface area contributed by atoms with Crippen molar-refractivity contribution in [2.45, 2.75) is 38.5 Å². The highest BCUT2D eigenvalue weighted by Crippen LogP contribution is 2.38. The predicted octanol–water partition coefficient (Wildman–Crippen LogP) is 0.349. The number of hydrogen-bond donors (Lipinski definition) is 1. The number of anilines is 3. The Morgan fingerprint density at radius 3 is 2.67 bits per heavy atom. The first-order chi connectivity index (χ1) is 16.0. The van der Waals surface area contributed by atoms with E-state index in [2.05, 4.69) is 26.7 Å². The van der Waals surface area contributed by atoms with E-state index in [1.807, 2.05) is 4.90 Å². The fourth-order valence-electron chi connectivity index (χ4n) is 4.99. The van der Waals surface area contributed by atoms with E-state index in [1.165, 1.54) is 0 Å². The molecule has 0 bridgehead atoms. The summed E-state index contributed by atoms with van der Waals surface area (Å²) in [5, 5.41) is 0. The van der Waals surface area contributed by atoms with Crippen LogP contribution in [0.15, 0.2) is 12.4 Å². The topological polar surface area (TPSA) is 123 Å². The van der Waals surface area contributed by atoms with Gasteiger partial charge in [-0.05, 0) is 13.3 Å². The third-order valence-electron chi connectivity index (χ3n) is 6.80. The second kappa shape index (κ2) is 8.71. The van der Waals surface area contributed by atoms with Crippen LogP contribution in [0, 0.1) is 0 Å². The van der Waals surface area contributed by atoms with Gasteiger partial charge in [-0.1, -0.05) is 0 Å². The highest BCUT2D eigenvalue weighted by atomic mass is 16.5. The molecule has 3 aliphatic heterocycles. The van der Waals surface area contributed by atoms with E-state index in [-0.39, 0.29) is 30.0 Å². The molecule has 0 radical (unpaired) electrons. The first-order valence-corrected chi connectivity index (χ1v) is 11.3. The summed E-state index contributed by atoms with van der Waals surface area (Å²) in [5.41, 5.74) is 8.42. The molecule has 1 amide bonds. The second-order valence-corrected chi connectivity index (χ2v) is 8.83. The number of likely N-dealkylation sites (tertiary alicyclic amines) is 1. The first-order valence-electron chi connectivity index (χ1n) is 11.3. The Kier molecular flexibility index (Phi) is 5.75. The van der Waals surface area contributed by atoms with E-state index < -0.39 is 0 Å². The summed E-state index contributed by atoms with van der Waals surface area (Å²) in [6, 6.07) is 0.189. The molecule has 3 aliphatic rings. The van der Waals surface area contributed by atoms with Crippen LogP contribution in [0.4, 0.5) is 17.7 Å². The summed E-state index contributed by atoms with van der Waals surface area (Å²) in [4.78, 5) is 36.8. The summed E-state index contributed by atoms with van der Waals surface area (Å²) >= 11 is 0. The minimum Gasteiger partial charge on any atom is -0.377 e. The van der Waals surface area contributed by atoms with Gasteiger partial charge in [-0.3, -0.25) is 4.79 Å². The molecule has 11 heteroatoms. The van der Waals surface area contributed by atoms with Gasteiger partial charge in [0.15, 0.2) is 0 Å². The van der Waals surface area contributed by atoms with Crippen LogP contribution in [0.25, 0.3) is 11.3 Å². The van der Waals surface area contributed by atoms with Crippen LogP contribution in [-0.2, 0) is 20.7 Å². The molecule has 2 aromatic rings. The average Bonchev–Trinajstić information content (AvgIpc) is 3.43. The van der Waals surface area contributed by atoms with Crippen LogP contribution in [0.1, 0.15) is 19.4 Å². The van der Waals surface area contributed by atoms with Crippen LogP contribution in [-0.4, -0.2) is 95.4 Å². The van der Waals surface area contributed by atoms with Crippen LogP contribution in [0.2, 0.25) is 0 Å². The Balaban J connectivity index is 1.59. The lowest BCUT2D eigenvalue weighted by atomic mass is 10.1. The minimum atomic E-state index is -0.0797. The number of ether oxygens (including phenoxy) is 2. The molecule has 11 nitrogen and oxygen atoms in total. The van der Waals surface area contributed by atoms with Gasteiger partial charge in [0.05, 0.1) is 37.1 Å². The number of hydrogen-bond acceptors (Lipinski definition) is 10. The molecule has 0 aliphatic carbocycles. The number of aromatic nitrogens is 4. The summed E-state index contributed by atoms with van der Waals surface area (Å²) < 4.78 is 11.4. The number of amides is 1. The Morgan fingerprint density at radius 2 is 1.97 bits per heavy atom. The first kappa shape index (κ1) is 21.8. The molecule has 0 spiro atoms. The van der Waals surface area contributed by atoms with Crippen LogP contribution >= 0.6 is 0 Å². The number of morpholine rings is 1. The third-order valence-corrected chi connectivity index (χ3v) is 6.80. The Morgan fingerprint density at radius 1 is 1.18 bits per heavy atom. The summed E-state index contributed by atoms with van der Waals surface area (Å²) in [5.74, 6) is 1.84. The van der Waals surface area contributed by atoms with E-state index in [0.29, 0.717) is 32.3 Å². The normalized spacial score (nSPS) is 24.9. The summed E-state index contributed by atoms with van der Waals surface area (Å²) in [7, 11) is 1.70. The maximum absolute atomic E-state index is 12.1. The van der Waals surface area contributed by atoms with Crippen LogP contribution < -0.4 is 15.5 Å². The number of nitrogens with zero attached hydrogens (tertiary/aromatic N) is 7. The van der Waals surface area contributed by atoms with Crippen molar-refractivity contribution in [3.63, 3.8) is 0 Å². The molecule has 33 heavy (non-hydrogen) atoms. The number of methoxy groups -OCH3 is 1. The molecule has 0 aromatic carbocycles. The summed E-state index contributed by atoms with van der Waals surface area (Å²) in [6.45, 7) is 7.68. The molecular weight excluding hydrogens is 424 g/mol. The van der Waals surface area contributed by atoms with Gasteiger partial charge in [0.2, 0.25) is 17.8 Å². The number of carbonyl (C=O) groups is 1. The van der Waals surface area contributed by atoms with Gasteiger partial charge in [0, 0.05) is 63.7 Å². The highest BCUT2D eigenvalue weighted by molar-refractivity contribution is 5.75. The van der Waals surface area contributed by atoms with E-state index in [9.17, 15) is 4.79 Å². The fourth-order valence-corrected chi connectivity index (χ4v) is 4.99. The summed E-state index contributed by atoms with van der Waals surface area (Å²) in [6.07, 6.45) is 4.14. The quantitative estimate of drug-likeness (QED) is 0.692. The van der Waals surface area contributed by atoms with Gasteiger partial charge in [-0.2, -0.15) is 4.98 Å². The molecule has 5 heterocycles. The molecule has 0 unspecified atom stereocenters. The standard InChI is InChI=1S/C22H30N8O3/c1-13-12-33-7-6-29(13)22-26-19(15-8-24-21(23)25-9-15)16-4-5-30(20(16)27-22)17-10-28(14(2)31)11-18(17)32-3/h8-9,13,17-18H,4-7,10-12H2,1-3H3,(H2,23,24,25)/t13-,17+,18+/m0/s1. The van der Waals surface area contributed by atoms with Crippen LogP contribution in [0.5, 0.6) is 0 Å². The number of fused-ring (bicyclic) bond motifs is 1. The lowest BCUT2D eigenvalue weighted by Crippen LogP contribution is -2.46. The van der Waals surface area contributed by atoms with Crippen molar-refractivity contribution < 1.29 is 14.3 Å². The lowest BCUT2D eigenvalue weighted by Gasteiger charge is -2.35. The van der Waals surface area contributed by atoms with Crippen LogP contribution in [0.3, 0.4) is 0 Å². The molecule has 176 valence electrons. The largest absolute Gasteiger partial charge is 0.377 e. The van der Waals surface area contributed by atoms with E-state index in [1.54, 1.807) is 26.4 Å². The highest BCUT2D eigenvalue weighted by Gasteiger charge is 2.42. The van der Waals surface area contributed by atoms with Crippen molar-refractivity contribution in [3.05, 3.63) is 18.0 Å². The van der Waals surface area contributed by atoms with Gasteiger partial charge in [0.25, 0.3) is 0 Å². The van der Waals surface area contributed by atoms with E-state index in [0.717, 1.165) is 42.1 Å². The van der Waals surface area contributed by atoms with Gasteiger partial charge >= 0.3 is 0 Å². The molecule has 5 rings (SSSR count). The molecule has 2 aromatic heterocycles. The van der Waals surface area contributed by atoms with Crippen molar-refractivity contribution in [3.8, 4) is 11.3 Å². The second-order valence-electron chi connectivity index (χ2n) is 8.83. The van der Waals surface area contributed by atoms with Crippen molar-refractivity contribution in [2.24, 2.45) is 0 Å². The molecule has 3 atom stereocenters. The molecule has 2 N–H and O–H groups in total. The smallest absolute Gasteiger partial charge is 0.228 e. The van der Waals surface area contributed by atoms with Crippen molar-refractivity contribution >= 4 is 23.6 Å². The van der Waals surface area contributed by atoms with E-state index >= 15 is 0 Å². The zero-order valence-corrected chi connectivity index (χ0v) is 19.3. The maximum atomic E-state index is 12.1. The van der Waals surface area contributed by atoms with E-state index in [4.69, 9.17) is 25.2 Å². The average molecular weight is 455 g/mol. The zero-order valence-electron chi connectivity index (χ0n) is 19.3. The van der Waals surface area contributed by atoms with Gasteiger partial charge in [-0.25, -0.2) is 15.0 Å². The minimum absolute atomic E-state index is 0.0283. The van der Waals surface area contributed by atoms with Crippen molar-refractivity contribution in [1.82, 2.24) is 24.8 Å². The Bertz CT molecular complexity index is 1030. The number of nitrogen functional groups attached to an aromatic ring is 1. The molecule has 0 saturated carbocycles. The third kappa shape index (κ3) is 3.95. The number of nitrogens with two attached hydrogens (primary N) is 1. The zero-order chi connectivity index (χ0) is 23.1. The molecule has 2 fully saturated rings. The van der Waals surface area contributed by atoms with Gasteiger partial charge in [0.1, 0.15) is 5.82 Å². The molecular formula is C22H30N8O3. The Labute approximate surface area is 192 Å². The predicted molar refractivity (Wildman–Crippen MR) is 123 cm³/mol.